The van der Waals surface area contributed by atoms with E-state index in [1.54, 1.807) is 18.2 Å². The van der Waals surface area contributed by atoms with Crippen LogP contribution in [0.3, 0.4) is 0 Å². The quantitative estimate of drug-likeness (QED) is 0.0269. The lowest BCUT2D eigenvalue weighted by Crippen LogP contribution is -2.33. The van der Waals surface area contributed by atoms with Crippen molar-refractivity contribution in [2.45, 2.75) is 97.8 Å². The van der Waals surface area contributed by atoms with Crippen molar-refractivity contribution >= 4 is 35.4 Å². The van der Waals surface area contributed by atoms with Gasteiger partial charge in [0.2, 0.25) is 11.6 Å². The average Bonchev–Trinajstić information content (AvgIpc) is 3.20. The summed E-state index contributed by atoms with van der Waals surface area (Å²) in [7, 11) is 2.14. The van der Waals surface area contributed by atoms with E-state index in [-0.39, 0.29) is 81.7 Å². The lowest BCUT2D eigenvalue weighted by molar-refractivity contribution is -0.153. The molecule has 0 saturated carbocycles. The molecule has 0 N–H and O–H groups in total. The number of carbonyl (C=O) groups is 6. The molecule has 2 aromatic carbocycles. The van der Waals surface area contributed by atoms with Crippen molar-refractivity contribution in [1.29, 1.82) is 0 Å². The monoisotopic (exact) mass is 814 g/mol. The van der Waals surface area contributed by atoms with E-state index in [1.807, 2.05) is 0 Å². The normalized spacial score (nSPS) is 10.9. The van der Waals surface area contributed by atoms with Crippen molar-refractivity contribution in [3.8, 4) is 22.6 Å². The molecule has 0 bridgehead atoms. The third-order valence-corrected chi connectivity index (χ3v) is 9.37. The largest absolute Gasteiger partial charge is 0.493 e. The summed E-state index contributed by atoms with van der Waals surface area (Å²) in [4.78, 5) is 73.3. The summed E-state index contributed by atoms with van der Waals surface area (Å²) in [6, 6.07) is 7.44. The molecule has 0 aliphatic rings. The fraction of sp³-hybridized carbons (Fsp3) is 0.500. The van der Waals surface area contributed by atoms with Crippen LogP contribution in [0.15, 0.2) is 54.6 Å². The van der Waals surface area contributed by atoms with Gasteiger partial charge in [0.25, 0.3) is 0 Å². The lowest BCUT2D eigenvalue weighted by atomic mass is 9.75. The van der Waals surface area contributed by atoms with Crippen molar-refractivity contribution in [3.63, 3.8) is 0 Å². The number of ether oxygens (including phenoxy) is 6. The summed E-state index contributed by atoms with van der Waals surface area (Å²) < 4.78 is 61.8. The van der Waals surface area contributed by atoms with Gasteiger partial charge < -0.3 is 28.4 Å². The van der Waals surface area contributed by atoms with E-state index in [2.05, 4.69) is 29.6 Å². The van der Waals surface area contributed by atoms with Gasteiger partial charge in [0, 0.05) is 29.4 Å². The van der Waals surface area contributed by atoms with Crippen molar-refractivity contribution in [3.05, 3.63) is 71.8 Å². The Balaban J connectivity index is 2.38. The molecule has 2 rings (SSSR count). The standard InChI is InChI=1S/C44H56F2O12/c1-8-9-10-11-22-56-39-34(45)26-33(27-35(39)46)31-15-16-38(32(25-31)14-12-23-57-40(49)29(2)3)55-24-13-19-44(28-58-41(50)30(4)5,20-17-36(47)42(51)53-6)21-18-37(48)43(52)54-7/h15-16,25-27H,2,4,8-14,17-24,28H2,1,3,5-7H3. The molecule has 0 radical (unpaired) electrons. The highest BCUT2D eigenvalue weighted by Crippen LogP contribution is 2.37. The number of unbranched alkanes of at least 4 members (excludes halogenated alkanes) is 3. The Morgan fingerprint density at radius 3 is 1.76 bits per heavy atom. The van der Waals surface area contributed by atoms with Crippen molar-refractivity contribution in [2.75, 3.05) is 40.6 Å². The van der Waals surface area contributed by atoms with Crippen LogP contribution in [0.5, 0.6) is 11.5 Å². The second kappa shape index (κ2) is 25.1. The molecule has 0 atom stereocenters. The first-order valence-electron chi connectivity index (χ1n) is 19.3. The maximum Gasteiger partial charge on any atom is 0.374 e. The van der Waals surface area contributed by atoms with E-state index in [0.717, 1.165) is 33.5 Å². The number of carbonyl (C=O) groups excluding carboxylic acids is 6. The number of rotatable bonds is 28. The number of hydrogen-bond acceptors (Lipinski definition) is 12. The van der Waals surface area contributed by atoms with Gasteiger partial charge in [0.15, 0.2) is 17.4 Å². The van der Waals surface area contributed by atoms with Crippen LogP contribution < -0.4 is 9.47 Å². The third kappa shape index (κ3) is 16.2. The predicted molar refractivity (Wildman–Crippen MR) is 211 cm³/mol. The summed E-state index contributed by atoms with van der Waals surface area (Å²) in [5, 5.41) is 0. The third-order valence-electron chi connectivity index (χ3n) is 9.37. The number of hydrogen-bond donors (Lipinski definition) is 0. The molecule has 0 aliphatic carbocycles. The van der Waals surface area contributed by atoms with E-state index in [1.165, 1.54) is 26.0 Å². The molecule has 0 unspecified atom stereocenters. The topological polar surface area (TPSA) is 158 Å². The summed E-state index contributed by atoms with van der Waals surface area (Å²) in [5.74, 6) is -6.67. The molecule has 318 valence electrons. The first kappa shape index (κ1) is 48.7. The van der Waals surface area contributed by atoms with Crippen molar-refractivity contribution < 1.29 is 66.0 Å². The number of Topliss-reactive ketones (excluding diaryl/α,β-unsaturated/α-hetero) is 2. The highest BCUT2D eigenvalue weighted by atomic mass is 19.1. The molecule has 2 aromatic rings. The maximum atomic E-state index is 15.1. The van der Waals surface area contributed by atoms with Crippen LogP contribution in [-0.4, -0.2) is 76.1 Å². The van der Waals surface area contributed by atoms with Gasteiger partial charge in [-0.2, -0.15) is 0 Å². The molecule has 58 heavy (non-hydrogen) atoms. The number of methoxy groups -OCH3 is 2. The van der Waals surface area contributed by atoms with Crippen molar-refractivity contribution in [1.82, 2.24) is 0 Å². The van der Waals surface area contributed by atoms with Crippen LogP contribution in [0, 0.1) is 17.0 Å². The number of ketones is 2. The van der Waals surface area contributed by atoms with Crippen LogP contribution in [0.1, 0.15) is 97.0 Å². The van der Waals surface area contributed by atoms with Crippen LogP contribution in [0.4, 0.5) is 8.78 Å². The summed E-state index contributed by atoms with van der Waals surface area (Å²) in [6.45, 7) is 12.3. The SMILES string of the molecule is C=C(C)C(=O)OCCCc1cc(-c2cc(F)c(OCCCCCC)c(F)c2)ccc1OCCCC(CCC(=O)C(=O)OC)(CCC(=O)C(=O)OC)COC(=O)C(=C)C. The van der Waals surface area contributed by atoms with Gasteiger partial charge in [-0.05, 0) is 99.7 Å². The summed E-state index contributed by atoms with van der Waals surface area (Å²) in [6.07, 6.45) is 4.23. The van der Waals surface area contributed by atoms with E-state index < -0.39 is 58.2 Å². The molecule has 12 nitrogen and oxygen atoms in total. The smallest absolute Gasteiger partial charge is 0.374 e. The molecule has 0 saturated heterocycles. The first-order chi connectivity index (χ1) is 27.6. The number of benzene rings is 2. The average molecular weight is 815 g/mol. The van der Waals surface area contributed by atoms with Gasteiger partial charge in [-0.15, -0.1) is 0 Å². The Morgan fingerprint density at radius 1 is 0.638 bits per heavy atom. The Bertz CT molecular complexity index is 1730. The Labute approximate surface area is 339 Å². The van der Waals surface area contributed by atoms with Gasteiger partial charge in [-0.1, -0.05) is 45.4 Å². The van der Waals surface area contributed by atoms with Gasteiger partial charge in [-0.3, -0.25) is 9.59 Å². The highest BCUT2D eigenvalue weighted by molar-refractivity contribution is 6.34. The second-order valence-electron chi connectivity index (χ2n) is 14.2. The zero-order valence-corrected chi connectivity index (χ0v) is 34.3. The number of halogens is 2. The molecule has 0 heterocycles. The lowest BCUT2D eigenvalue weighted by Gasteiger charge is -2.33. The van der Waals surface area contributed by atoms with E-state index in [9.17, 15) is 28.8 Å². The maximum absolute atomic E-state index is 15.1. The fourth-order valence-corrected chi connectivity index (χ4v) is 5.97. The first-order valence-corrected chi connectivity index (χ1v) is 19.3. The molecular formula is C44H56F2O12. The van der Waals surface area contributed by atoms with Gasteiger partial charge in [0.1, 0.15) is 5.75 Å². The molecular weight excluding hydrogens is 758 g/mol. The minimum absolute atomic E-state index is 0.00247. The zero-order chi connectivity index (χ0) is 43.3. The van der Waals surface area contributed by atoms with Crippen LogP contribution in [0.25, 0.3) is 11.1 Å². The van der Waals surface area contributed by atoms with Gasteiger partial charge >= 0.3 is 23.9 Å². The Hall–Kier alpha value is -5.40. The van der Waals surface area contributed by atoms with Crippen LogP contribution >= 0.6 is 0 Å². The summed E-state index contributed by atoms with van der Waals surface area (Å²) in [5.41, 5.74) is 0.713. The van der Waals surface area contributed by atoms with E-state index in [4.69, 9.17) is 18.9 Å². The minimum atomic E-state index is -1.07. The molecule has 14 heteroatoms. The van der Waals surface area contributed by atoms with Gasteiger partial charge in [0.05, 0.1) is 40.6 Å². The van der Waals surface area contributed by atoms with Gasteiger partial charge in [-0.25, -0.2) is 28.0 Å². The minimum Gasteiger partial charge on any atom is -0.493 e. The van der Waals surface area contributed by atoms with E-state index >= 15 is 8.78 Å². The fourth-order valence-electron chi connectivity index (χ4n) is 5.97. The second-order valence-corrected chi connectivity index (χ2v) is 14.2. The molecule has 0 fully saturated rings. The molecule has 0 aliphatic heterocycles. The molecule has 0 spiro atoms. The molecule has 0 aromatic heterocycles. The Morgan fingerprint density at radius 2 is 1.21 bits per heavy atom. The number of aryl methyl sites for hydroxylation is 1. The Kier molecular flexibility index (Phi) is 21.1. The van der Waals surface area contributed by atoms with E-state index in [0.29, 0.717) is 36.1 Å². The zero-order valence-electron chi connectivity index (χ0n) is 34.3. The molecule has 0 amide bonds. The van der Waals surface area contributed by atoms with Crippen LogP contribution in [-0.2, 0) is 54.1 Å². The van der Waals surface area contributed by atoms with Crippen molar-refractivity contribution in [2.24, 2.45) is 5.41 Å². The predicted octanol–water partition coefficient (Wildman–Crippen LogP) is 7.95. The highest BCUT2D eigenvalue weighted by Gasteiger charge is 2.35. The van der Waals surface area contributed by atoms with Crippen LogP contribution in [0.2, 0.25) is 0 Å². The number of esters is 4. The summed E-state index contributed by atoms with van der Waals surface area (Å²) >= 11 is 0.